The molecule has 0 aliphatic carbocycles. The second kappa shape index (κ2) is 5.85. The SMILES string of the molecule is Cc1ccc(C#CCO)c(C(=O)Nc2ccon2)c1. The van der Waals surface area contributed by atoms with Crippen molar-refractivity contribution in [1.82, 2.24) is 5.16 Å². The molecule has 0 saturated carbocycles. The summed E-state index contributed by atoms with van der Waals surface area (Å²) in [6, 6.07) is 6.88. The Labute approximate surface area is 110 Å². The number of aliphatic hydroxyl groups is 1. The fraction of sp³-hybridized carbons (Fsp3) is 0.143. The van der Waals surface area contributed by atoms with E-state index in [0.29, 0.717) is 16.9 Å². The molecule has 1 heterocycles. The second-order valence-electron chi connectivity index (χ2n) is 3.85. The first-order valence-electron chi connectivity index (χ1n) is 5.63. The van der Waals surface area contributed by atoms with Gasteiger partial charge in [0.15, 0.2) is 5.82 Å². The molecular weight excluding hydrogens is 244 g/mol. The summed E-state index contributed by atoms with van der Waals surface area (Å²) in [5.74, 6) is 5.30. The predicted molar refractivity (Wildman–Crippen MR) is 69.6 cm³/mol. The van der Waals surface area contributed by atoms with Crippen LogP contribution in [0.15, 0.2) is 35.1 Å². The normalized spacial score (nSPS) is 9.58. The van der Waals surface area contributed by atoms with Crippen molar-refractivity contribution in [3.8, 4) is 11.8 Å². The molecule has 5 heteroatoms. The quantitative estimate of drug-likeness (QED) is 0.800. The van der Waals surface area contributed by atoms with E-state index in [1.165, 1.54) is 6.26 Å². The Morgan fingerprint density at radius 3 is 3.00 bits per heavy atom. The standard InChI is InChI=1S/C14H12N2O3/c1-10-4-5-11(3-2-7-17)12(9-10)14(18)15-13-6-8-19-16-13/h4-6,8-9,17H,7H2,1H3,(H,15,16,18). The van der Waals surface area contributed by atoms with Gasteiger partial charge in [0.05, 0.1) is 5.56 Å². The Kier molecular flexibility index (Phi) is 3.96. The van der Waals surface area contributed by atoms with Gasteiger partial charge in [-0.3, -0.25) is 4.79 Å². The number of benzene rings is 1. The average Bonchev–Trinajstić information content (AvgIpc) is 2.90. The van der Waals surface area contributed by atoms with Gasteiger partial charge >= 0.3 is 0 Å². The topological polar surface area (TPSA) is 75.4 Å². The highest BCUT2D eigenvalue weighted by atomic mass is 16.5. The summed E-state index contributed by atoms with van der Waals surface area (Å²) in [4.78, 5) is 12.1. The molecule has 0 unspecified atom stereocenters. The van der Waals surface area contributed by atoms with E-state index in [4.69, 9.17) is 5.11 Å². The molecule has 0 aliphatic rings. The molecule has 19 heavy (non-hydrogen) atoms. The third-order valence-corrected chi connectivity index (χ3v) is 2.40. The highest BCUT2D eigenvalue weighted by Gasteiger charge is 2.12. The highest BCUT2D eigenvalue weighted by molar-refractivity contribution is 6.05. The number of hydrogen-bond donors (Lipinski definition) is 2. The molecule has 0 aliphatic heterocycles. The van der Waals surface area contributed by atoms with Gasteiger partial charge in [-0.25, -0.2) is 0 Å². The Bertz CT molecular complexity index is 636. The average molecular weight is 256 g/mol. The zero-order valence-corrected chi connectivity index (χ0v) is 10.3. The maximum Gasteiger partial charge on any atom is 0.258 e. The molecule has 0 atom stereocenters. The third kappa shape index (κ3) is 3.21. The first-order valence-corrected chi connectivity index (χ1v) is 5.63. The Hall–Kier alpha value is -2.58. The van der Waals surface area contributed by atoms with Crippen molar-refractivity contribution in [2.24, 2.45) is 0 Å². The van der Waals surface area contributed by atoms with Gasteiger partial charge < -0.3 is 14.9 Å². The molecule has 1 aromatic carbocycles. The number of nitrogens with one attached hydrogen (secondary N) is 1. The van der Waals surface area contributed by atoms with Crippen LogP contribution in [0.5, 0.6) is 0 Å². The molecule has 2 aromatic rings. The van der Waals surface area contributed by atoms with Gasteiger partial charge in [-0.05, 0) is 19.1 Å². The van der Waals surface area contributed by atoms with Crippen LogP contribution in [0.4, 0.5) is 5.82 Å². The largest absolute Gasteiger partial charge is 0.384 e. The number of rotatable bonds is 2. The number of amides is 1. The molecule has 0 spiro atoms. The first kappa shape index (κ1) is 12.9. The van der Waals surface area contributed by atoms with Crippen LogP contribution in [-0.2, 0) is 0 Å². The minimum absolute atomic E-state index is 0.252. The lowest BCUT2D eigenvalue weighted by molar-refractivity contribution is 0.102. The molecule has 0 radical (unpaired) electrons. The molecule has 1 aromatic heterocycles. The van der Waals surface area contributed by atoms with Gasteiger partial charge in [0.25, 0.3) is 5.91 Å². The maximum atomic E-state index is 12.1. The summed E-state index contributed by atoms with van der Waals surface area (Å²) in [5.41, 5.74) is 1.93. The number of aromatic nitrogens is 1. The van der Waals surface area contributed by atoms with Crippen LogP contribution in [-0.4, -0.2) is 22.8 Å². The lowest BCUT2D eigenvalue weighted by Crippen LogP contribution is -2.14. The lowest BCUT2D eigenvalue weighted by atomic mass is 10.0. The molecule has 2 N–H and O–H groups in total. The number of hydrogen-bond acceptors (Lipinski definition) is 4. The monoisotopic (exact) mass is 256 g/mol. The van der Waals surface area contributed by atoms with Gasteiger partial charge in [0.2, 0.25) is 0 Å². The van der Waals surface area contributed by atoms with E-state index >= 15 is 0 Å². The van der Waals surface area contributed by atoms with Gasteiger partial charge in [-0.15, -0.1) is 0 Å². The van der Waals surface area contributed by atoms with Crippen LogP contribution in [0.25, 0.3) is 0 Å². The van der Waals surface area contributed by atoms with E-state index in [9.17, 15) is 4.79 Å². The van der Waals surface area contributed by atoms with Gasteiger partial charge in [-0.2, -0.15) is 0 Å². The molecule has 96 valence electrons. The zero-order valence-electron chi connectivity index (χ0n) is 10.3. The molecule has 1 amide bonds. The van der Waals surface area contributed by atoms with Crippen LogP contribution in [0.2, 0.25) is 0 Å². The summed E-state index contributed by atoms with van der Waals surface area (Å²) in [5, 5.41) is 14.9. The fourth-order valence-corrected chi connectivity index (χ4v) is 1.55. The maximum absolute atomic E-state index is 12.1. The summed E-state index contributed by atoms with van der Waals surface area (Å²) in [6.45, 7) is 1.63. The smallest absolute Gasteiger partial charge is 0.258 e. The van der Waals surface area contributed by atoms with Crippen LogP contribution in [0.1, 0.15) is 21.5 Å². The predicted octanol–water partition coefficient (Wildman–Crippen LogP) is 1.58. The summed E-state index contributed by atoms with van der Waals surface area (Å²) in [6.07, 6.45) is 1.37. The molecule has 0 fully saturated rings. The first-order chi connectivity index (χ1) is 9.20. The summed E-state index contributed by atoms with van der Waals surface area (Å²) in [7, 11) is 0. The minimum atomic E-state index is -0.320. The number of carbonyl (C=O) groups is 1. The van der Waals surface area contributed by atoms with E-state index in [-0.39, 0.29) is 12.5 Å². The Balaban J connectivity index is 2.31. The molecule has 0 bridgehead atoms. The summed E-state index contributed by atoms with van der Waals surface area (Å²) < 4.78 is 4.64. The van der Waals surface area contributed by atoms with E-state index < -0.39 is 0 Å². The summed E-state index contributed by atoms with van der Waals surface area (Å²) >= 11 is 0. The second-order valence-corrected chi connectivity index (χ2v) is 3.85. The Morgan fingerprint density at radius 2 is 2.32 bits per heavy atom. The molecule has 0 saturated heterocycles. The number of nitrogens with zero attached hydrogens (tertiary/aromatic N) is 1. The number of aliphatic hydroxyl groups excluding tert-OH is 1. The van der Waals surface area contributed by atoms with E-state index in [0.717, 1.165) is 5.56 Å². The van der Waals surface area contributed by atoms with Crippen molar-refractivity contribution in [3.63, 3.8) is 0 Å². The number of anilines is 1. The van der Waals surface area contributed by atoms with Crippen LogP contribution >= 0.6 is 0 Å². The van der Waals surface area contributed by atoms with Crippen molar-refractivity contribution >= 4 is 11.7 Å². The van der Waals surface area contributed by atoms with E-state index in [1.807, 2.05) is 13.0 Å². The molecule has 5 nitrogen and oxygen atoms in total. The molecular formula is C14H12N2O3. The van der Waals surface area contributed by atoms with E-state index in [2.05, 4.69) is 26.8 Å². The minimum Gasteiger partial charge on any atom is -0.384 e. The van der Waals surface area contributed by atoms with Crippen molar-refractivity contribution in [3.05, 3.63) is 47.2 Å². The van der Waals surface area contributed by atoms with Crippen molar-refractivity contribution in [2.75, 3.05) is 11.9 Å². The van der Waals surface area contributed by atoms with Crippen molar-refractivity contribution in [2.45, 2.75) is 6.92 Å². The van der Waals surface area contributed by atoms with E-state index in [1.54, 1.807) is 18.2 Å². The van der Waals surface area contributed by atoms with Crippen LogP contribution < -0.4 is 5.32 Å². The van der Waals surface area contributed by atoms with Crippen molar-refractivity contribution in [1.29, 1.82) is 0 Å². The lowest BCUT2D eigenvalue weighted by Gasteiger charge is -2.05. The zero-order chi connectivity index (χ0) is 13.7. The van der Waals surface area contributed by atoms with Gasteiger partial charge in [-0.1, -0.05) is 28.6 Å². The fourth-order valence-electron chi connectivity index (χ4n) is 1.55. The van der Waals surface area contributed by atoms with Crippen molar-refractivity contribution < 1.29 is 14.4 Å². The number of carbonyl (C=O) groups excluding carboxylic acids is 1. The molecule has 2 rings (SSSR count). The van der Waals surface area contributed by atoms with Gasteiger partial charge in [0.1, 0.15) is 12.9 Å². The van der Waals surface area contributed by atoms with Gasteiger partial charge in [0, 0.05) is 11.6 Å². The third-order valence-electron chi connectivity index (χ3n) is 2.40. The highest BCUT2D eigenvalue weighted by Crippen LogP contribution is 2.13. The Morgan fingerprint density at radius 1 is 1.47 bits per heavy atom. The van der Waals surface area contributed by atoms with Crippen LogP contribution in [0, 0.1) is 18.8 Å². The van der Waals surface area contributed by atoms with Crippen LogP contribution in [0.3, 0.4) is 0 Å². The number of aryl methyl sites for hydroxylation is 1.